The molecule has 0 aliphatic carbocycles. The van der Waals surface area contributed by atoms with Crippen molar-refractivity contribution in [2.45, 2.75) is 13.5 Å². The monoisotopic (exact) mass is 524 g/mol. The third-order valence-electron chi connectivity index (χ3n) is 4.24. The van der Waals surface area contributed by atoms with Crippen molar-refractivity contribution in [2.75, 3.05) is 5.32 Å². The van der Waals surface area contributed by atoms with Gasteiger partial charge in [0, 0.05) is 9.77 Å². The molecule has 0 aliphatic heterocycles. The number of carbonyl (C=O) groups excluding carboxylic acids is 1. The number of halogens is 2. The molecule has 0 saturated heterocycles. The number of hydrogen-bond acceptors (Lipinski definition) is 5. The van der Waals surface area contributed by atoms with E-state index in [-0.39, 0.29) is 11.8 Å². The third kappa shape index (κ3) is 3.71. The molecule has 0 unspecified atom stereocenters. The molecule has 0 radical (unpaired) electrons. The molecule has 1 amide bonds. The summed E-state index contributed by atoms with van der Waals surface area (Å²) in [7, 11) is 0. The van der Waals surface area contributed by atoms with E-state index in [1.807, 2.05) is 18.2 Å². The van der Waals surface area contributed by atoms with E-state index in [2.05, 4.69) is 44.2 Å². The van der Waals surface area contributed by atoms with Crippen molar-refractivity contribution in [1.29, 1.82) is 0 Å². The van der Waals surface area contributed by atoms with E-state index in [1.54, 1.807) is 29.8 Å². The summed E-state index contributed by atoms with van der Waals surface area (Å²) in [5, 5.41) is 22.9. The summed E-state index contributed by atoms with van der Waals surface area (Å²) in [6.07, 6.45) is 1.78. The van der Waals surface area contributed by atoms with Gasteiger partial charge in [0.2, 0.25) is 5.88 Å². The smallest absolute Gasteiger partial charge is 0.266 e. The van der Waals surface area contributed by atoms with Crippen LogP contribution in [0.1, 0.15) is 20.9 Å². The van der Waals surface area contributed by atoms with Crippen LogP contribution in [0.2, 0.25) is 4.34 Å². The largest absolute Gasteiger partial charge is 0.494 e. The van der Waals surface area contributed by atoms with Gasteiger partial charge < -0.3 is 15.0 Å². The SMILES string of the molecule is Cc1nnc(NC(=O)c2ccc(Cl)s2)c2cn(Cc3cccc(I)c3)c(O)c12. The highest BCUT2D eigenvalue weighted by Crippen LogP contribution is 2.34. The minimum Gasteiger partial charge on any atom is -0.494 e. The number of aryl methyl sites for hydroxylation is 1. The first-order chi connectivity index (χ1) is 13.4. The molecule has 6 nitrogen and oxygen atoms in total. The van der Waals surface area contributed by atoms with Gasteiger partial charge in [-0.25, -0.2) is 0 Å². The van der Waals surface area contributed by atoms with Crippen LogP contribution in [-0.4, -0.2) is 25.8 Å². The van der Waals surface area contributed by atoms with Gasteiger partial charge in [-0.1, -0.05) is 23.7 Å². The van der Waals surface area contributed by atoms with Gasteiger partial charge in [-0.05, 0) is 59.3 Å². The molecule has 0 bridgehead atoms. The number of hydrogen-bond donors (Lipinski definition) is 2. The average molecular weight is 525 g/mol. The fraction of sp³-hybridized carbons (Fsp3) is 0.105. The predicted octanol–water partition coefficient (Wildman–Crippen LogP) is 5.07. The molecule has 4 rings (SSSR count). The standard InChI is InChI=1S/C19H14ClIN4O2S/c1-10-16-13(9-25(19(16)27)8-11-3-2-4-12(21)7-11)17(24-23-10)22-18(26)14-5-6-15(20)28-14/h2-7,9,27H,8H2,1H3,(H,22,24,26). The summed E-state index contributed by atoms with van der Waals surface area (Å²) < 4.78 is 3.38. The number of aromatic hydroxyl groups is 1. The van der Waals surface area contributed by atoms with E-state index in [0.29, 0.717) is 38.0 Å². The molecule has 0 spiro atoms. The van der Waals surface area contributed by atoms with Gasteiger partial charge in [0.25, 0.3) is 5.91 Å². The number of rotatable bonds is 4. The van der Waals surface area contributed by atoms with Crippen LogP contribution in [0.5, 0.6) is 5.88 Å². The lowest BCUT2D eigenvalue weighted by molar-refractivity contribution is 0.103. The maximum Gasteiger partial charge on any atom is 0.266 e. The van der Waals surface area contributed by atoms with Crippen molar-refractivity contribution in [3.63, 3.8) is 0 Å². The van der Waals surface area contributed by atoms with Gasteiger partial charge in [0.05, 0.1) is 32.2 Å². The minimum absolute atomic E-state index is 0.0935. The van der Waals surface area contributed by atoms with Crippen LogP contribution in [0, 0.1) is 10.5 Å². The van der Waals surface area contributed by atoms with E-state index < -0.39 is 0 Å². The Morgan fingerprint density at radius 1 is 1.32 bits per heavy atom. The zero-order chi connectivity index (χ0) is 19.8. The van der Waals surface area contributed by atoms with Gasteiger partial charge in [-0.3, -0.25) is 4.79 Å². The molecule has 0 saturated carbocycles. The second-order valence-electron chi connectivity index (χ2n) is 6.19. The maximum atomic E-state index is 12.5. The fourth-order valence-electron chi connectivity index (χ4n) is 2.96. The van der Waals surface area contributed by atoms with E-state index in [9.17, 15) is 9.90 Å². The predicted molar refractivity (Wildman–Crippen MR) is 119 cm³/mol. The lowest BCUT2D eigenvalue weighted by Gasteiger charge is -2.05. The summed E-state index contributed by atoms with van der Waals surface area (Å²) in [5.41, 5.74) is 1.64. The maximum absolute atomic E-state index is 12.5. The zero-order valence-electron chi connectivity index (χ0n) is 14.6. The molecule has 142 valence electrons. The number of thiophene rings is 1. The molecular weight excluding hydrogens is 511 g/mol. The highest BCUT2D eigenvalue weighted by atomic mass is 127. The first-order valence-corrected chi connectivity index (χ1v) is 10.6. The van der Waals surface area contributed by atoms with Crippen molar-refractivity contribution in [1.82, 2.24) is 14.8 Å². The molecule has 0 fully saturated rings. The number of fused-ring (bicyclic) bond motifs is 1. The lowest BCUT2D eigenvalue weighted by Crippen LogP contribution is -2.12. The number of aromatic nitrogens is 3. The third-order valence-corrected chi connectivity index (χ3v) is 6.14. The molecule has 3 heterocycles. The van der Waals surface area contributed by atoms with Gasteiger partial charge in [-0.15, -0.1) is 16.4 Å². The van der Waals surface area contributed by atoms with Crippen LogP contribution in [0.4, 0.5) is 5.82 Å². The minimum atomic E-state index is -0.318. The van der Waals surface area contributed by atoms with Gasteiger partial charge in [0.1, 0.15) is 0 Å². The van der Waals surface area contributed by atoms with Gasteiger partial charge in [-0.2, -0.15) is 5.10 Å². The molecule has 3 aromatic heterocycles. The highest BCUT2D eigenvalue weighted by molar-refractivity contribution is 14.1. The van der Waals surface area contributed by atoms with E-state index in [4.69, 9.17) is 11.6 Å². The number of carbonyl (C=O) groups is 1. The fourth-order valence-corrected chi connectivity index (χ4v) is 4.51. The topological polar surface area (TPSA) is 80.0 Å². The first kappa shape index (κ1) is 19.2. The van der Waals surface area contributed by atoms with E-state index >= 15 is 0 Å². The van der Waals surface area contributed by atoms with Crippen LogP contribution in [-0.2, 0) is 6.54 Å². The Hall–Kier alpha value is -2.17. The van der Waals surface area contributed by atoms with Gasteiger partial charge in [0.15, 0.2) is 5.82 Å². The summed E-state index contributed by atoms with van der Waals surface area (Å²) in [5.74, 6) is 0.0731. The Morgan fingerprint density at radius 3 is 2.86 bits per heavy atom. The normalized spacial score (nSPS) is 11.1. The Morgan fingerprint density at radius 2 is 2.14 bits per heavy atom. The molecule has 28 heavy (non-hydrogen) atoms. The van der Waals surface area contributed by atoms with Crippen LogP contribution in [0.15, 0.2) is 42.6 Å². The summed E-state index contributed by atoms with van der Waals surface area (Å²) >= 11 is 9.35. The molecule has 2 N–H and O–H groups in total. The van der Waals surface area contributed by atoms with Crippen LogP contribution >= 0.6 is 45.5 Å². The van der Waals surface area contributed by atoms with E-state index in [0.717, 1.165) is 9.13 Å². The Bertz CT molecular complexity index is 1200. The van der Waals surface area contributed by atoms with Crippen molar-refractivity contribution in [3.05, 3.63) is 66.6 Å². The summed E-state index contributed by atoms with van der Waals surface area (Å²) in [6, 6.07) is 11.4. The number of amides is 1. The average Bonchev–Trinajstić information content (AvgIpc) is 3.22. The Labute approximate surface area is 183 Å². The molecule has 1 aromatic carbocycles. The van der Waals surface area contributed by atoms with Crippen LogP contribution < -0.4 is 5.32 Å². The molecule has 4 aromatic rings. The summed E-state index contributed by atoms with van der Waals surface area (Å²) in [6.45, 7) is 2.26. The number of nitrogens with zero attached hydrogens (tertiary/aromatic N) is 3. The van der Waals surface area contributed by atoms with Gasteiger partial charge >= 0.3 is 0 Å². The van der Waals surface area contributed by atoms with Crippen molar-refractivity contribution >= 4 is 68.0 Å². The van der Waals surface area contributed by atoms with Crippen molar-refractivity contribution in [2.24, 2.45) is 0 Å². The Balaban J connectivity index is 1.72. The second-order valence-corrected chi connectivity index (χ2v) is 9.15. The number of nitrogens with one attached hydrogen (secondary N) is 1. The van der Waals surface area contributed by atoms with Crippen molar-refractivity contribution < 1.29 is 9.90 Å². The summed E-state index contributed by atoms with van der Waals surface area (Å²) in [4.78, 5) is 13.0. The molecular formula is C19H14ClIN4O2S. The van der Waals surface area contributed by atoms with E-state index in [1.165, 1.54) is 11.3 Å². The van der Waals surface area contributed by atoms with Crippen LogP contribution in [0.3, 0.4) is 0 Å². The number of anilines is 1. The zero-order valence-corrected chi connectivity index (χ0v) is 18.3. The lowest BCUT2D eigenvalue weighted by atomic mass is 10.2. The quantitative estimate of drug-likeness (QED) is 0.366. The molecule has 0 atom stereocenters. The highest BCUT2D eigenvalue weighted by Gasteiger charge is 2.19. The molecule has 0 aliphatic rings. The number of benzene rings is 1. The Kier molecular flexibility index (Phi) is 5.26. The first-order valence-electron chi connectivity index (χ1n) is 8.28. The van der Waals surface area contributed by atoms with Crippen molar-refractivity contribution in [3.8, 4) is 5.88 Å². The van der Waals surface area contributed by atoms with Crippen LogP contribution in [0.25, 0.3) is 10.8 Å². The second kappa shape index (κ2) is 7.69. The molecule has 9 heteroatoms.